The Kier molecular flexibility index (Phi) is 4.66. The van der Waals surface area contributed by atoms with Crippen molar-refractivity contribution >= 4 is 11.9 Å². The maximum Gasteiger partial charge on any atom is 0.341 e. The van der Waals surface area contributed by atoms with Crippen LogP contribution >= 0.6 is 0 Å². The van der Waals surface area contributed by atoms with Gasteiger partial charge in [0, 0.05) is 13.2 Å². The molecule has 1 saturated carbocycles. The fourth-order valence-corrected chi connectivity index (χ4v) is 4.28. The lowest BCUT2D eigenvalue weighted by Crippen LogP contribution is -2.51. The van der Waals surface area contributed by atoms with Crippen molar-refractivity contribution in [2.45, 2.75) is 44.4 Å². The SMILES string of the molecule is CN1C(=O)c2c(OCc3ccccc3)c(=O)c(C(=O)O)cn2C2CCCC[C@H]21. The highest BCUT2D eigenvalue weighted by atomic mass is 16.5. The number of amides is 1. The topological polar surface area (TPSA) is 88.8 Å². The molecular formula is C21H22N2O5. The average Bonchev–Trinajstić information content (AvgIpc) is 2.71. The molecule has 0 bridgehead atoms. The van der Waals surface area contributed by atoms with Gasteiger partial charge in [0.05, 0.1) is 12.1 Å². The summed E-state index contributed by atoms with van der Waals surface area (Å²) in [6, 6.07) is 9.20. The molecule has 1 aliphatic heterocycles. The molecule has 0 radical (unpaired) electrons. The van der Waals surface area contributed by atoms with Crippen LogP contribution < -0.4 is 10.2 Å². The molecule has 28 heavy (non-hydrogen) atoms. The van der Waals surface area contributed by atoms with Gasteiger partial charge in [-0.1, -0.05) is 43.2 Å². The molecule has 7 nitrogen and oxygen atoms in total. The molecule has 1 unspecified atom stereocenters. The Morgan fingerprint density at radius 2 is 1.82 bits per heavy atom. The number of rotatable bonds is 4. The number of fused-ring (bicyclic) bond motifs is 3. The van der Waals surface area contributed by atoms with Crippen LogP contribution in [0.5, 0.6) is 5.75 Å². The van der Waals surface area contributed by atoms with Crippen LogP contribution in [-0.4, -0.2) is 39.5 Å². The van der Waals surface area contributed by atoms with Crippen molar-refractivity contribution in [1.29, 1.82) is 0 Å². The fraction of sp³-hybridized carbons (Fsp3) is 0.381. The molecule has 1 fully saturated rings. The number of ether oxygens (including phenoxy) is 1. The fourth-order valence-electron chi connectivity index (χ4n) is 4.28. The number of benzene rings is 1. The third kappa shape index (κ3) is 2.96. The first-order chi connectivity index (χ1) is 13.5. The third-order valence-electron chi connectivity index (χ3n) is 5.72. The van der Waals surface area contributed by atoms with Crippen LogP contribution in [0.1, 0.15) is 58.1 Å². The monoisotopic (exact) mass is 382 g/mol. The summed E-state index contributed by atoms with van der Waals surface area (Å²) in [6.07, 6.45) is 5.04. The van der Waals surface area contributed by atoms with E-state index >= 15 is 0 Å². The Labute approximate surface area is 162 Å². The van der Waals surface area contributed by atoms with E-state index in [2.05, 4.69) is 0 Å². The van der Waals surface area contributed by atoms with E-state index in [0.717, 1.165) is 31.2 Å². The number of aromatic carboxylic acids is 1. The smallest absolute Gasteiger partial charge is 0.341 e. The number of carbonyl (C=O) groups excluding carboxylic acids is 1. The van der Waals surface area contributed by atoms with Gasteiger partial charge >= 0.3 is 5.97 Å². The summed E-state index contributed by atoms with van der Waals surface area (Å²) >= 11 is 0. The van der Waals surface area contributed by atoms with Gasteiger partial charge < -0.3 is 19.3 Å². The number of hydrogen-bond acceptors (Lipinski definition) is 4. The molecule has 1 aromatic carbocycles. The third-order valence-corrected chi connectivity index (χ3v) is 5.72. The lowest BCUT2D eigenvalue weighted by atomic mass is 9.86. The summed E-state index contributed by atoms with van der Waals surface area (Å²) in [5, 5.41) is 9.53. The highest BCUT2D eigenvalue weighted by molar-refractivity contribution is 5.98. The van der Waals surface area contributed by atoms with Gasteiger partial charge in [0.2, 0.25) is 5.43 Å². The van der Waals surface area contributed by atoms with Gasteiger partial charge in [0.15, 0.2) is 11.4 Å². The van der Waals surface area contributed by atoms with Crippen molar-refractivity contribution in [3.05, 3.63) is 63.6 Å². The first kappa shape index (κ1) is 18.3. The molecule has 4 rings (SSSR count). The van der Waals surface area contributed by atoms with Gasteiger partial charge in [0.1, 0.15) is 12.2 Å². The zero-order chi connectivity index (χ0) is 19.8. The number of likely N-dealkylation sites (N-methyl/N-ethyl adjacent to an activating group) is 1. The van der Waals surface area contributed by atoms with Crippen LogP contribution in [0.4, 0.5) is 0 Å². The molecule has 1 aromatic heterocycles. The zero-order valence-electron chi connectivity index (χ0n) is 15.6. The molecule has 1 aliphatic carbocycles. The molecule has 2 heterocycles. The summed E-state index contributed by atoms with van der Waals surface area (Å²) in [5.41, 5.74) is -0.149. The van der Waals surface area contributed by atoms with Crippen molar-refractivity contribution in [1.82, 2.24) is 9.47 Å². The van der Waals surface area contributed by atoms with Crippen LogP contribution in [0.3, 0.4) is 0 Å². The molecule has 0 spiro atoms. The number of nitrogens with zero attached hydrogens (tertiary/aromatic N) is 2. The second-order valence-corrected chi connectivity index (χ2v) is 7.37. The maximum absolute atomic E-state index is 13.1. The first-order valence-corrected chi connectivity index (χ1v) is 9.45. The highest BCUT2D eigenvalue weighted by Gasteiger charge is 2.41. The Morgan fingerprint density at radius 3 is 2.50 bits per heavy atom. The van der Waals surface area contributed by atoms with Gasteiger partial charge in [-0.3, -0.25) is 9.59 Å². The number of carboxylic acid groups (broad SMARTS) is 1. The summed E-state index contributed by atoms with van der Waals surface area (Å²) in [4.78, 5) is 39.3. The van der Waals surface area contributed by atoms with Crippen LogP contribution in [-0.2, 0) is 6.61 Å². The Hall–Kier alpha value is -3.09. The van der Waals surface area contributed by atoms with Crippen molar-refractivity contribution in [3.63, 3.8) is 0 Å². The van der Waals surface area contributed by atoms with E-state index in [-0.39, 0.29) is 41.6 Å². The quantitative estimate of drug-likeness (QED) is 0.878. The lowest BCUT2D eigenvalue weighted by Gasteiger charge is -2.44. The predicted octanol–water partition coefficient (Wildman–Crippen LogP) is 2.69. The number of aromatic nitrogens is 1. The van der Waals surface area contributed by atoms with Crippen LogP contribution in [0, 0.1) is 0 Å². The van der Waals surface area contributed by atoms with Gasteiger partial charge in [0.25, 0.3) is 5.91 Å². The molecule has 2 aromatic rings. The van der Waals surface area contributed by atoms with E-state index in [9.17, 15) is 19.5 Å². The molecule has 146 valence electrons. The Morgan fingerprint density at radius 1 is 1.14 bits per heavy atom. The minimum Gasteiger partial charge on any atom is -0.483 e. The standard InChI is InChI=1S/C21H22N2O5/c1-22-15-9-5-6-10-16(15)23-11-14(21(26)27)18(24)19(17(23)20(22)25)28-12-13-7-3-2-4-8-13/h2-4,7-8,11,15-16H,5-6,9-10,12H2,1H3,(H,26,27)/t15-,16?/m1/s1. The van der Waals surface area contributed by atoms with Gasteiger partial charge in [-0.05, 0) is 18.4 Å². The van der Waals surface area contributed by atoms with E-state index in [1.165, 1.54) is 6.20 Å². The van der Waals surface area contributed by atoms with Crippen LogP contribution in [0.25, 0.3) is 0 Å². The minimum absolute atomic E-state index is 0.000120. The van der Waals surface area contributed by atoms with E-state index in [1.807, 2.05) is 30.3 Å². The molecule has 1 amide bonds. The summed E-state index contributed by atoms with van der Waals surface area (Å²) in [7, 11) is 1.74. The largest absolute Gasteiger partial charge is 0.483 e. The average molecular weight is 382 g/mol. The van der Waals surface area contributed by atoms with Gasteiger partial charge in [-0.15, -0.1) is 0 Å². The van der Waals surface area contributed by atoms with E-state index < -0.39 is 11.4 Å². The van der Waals surface area contributed by atoms with E-state index in [4.69, 9.17) is 4.74 Å². The first-order valence-electron chi connectivity index (χ1n) is 9.45. The van der Waals surface area contributed by atoms with Gasteiger partial charge in [-0.2, -0.15) is 0 Å². The van der Waals surface area contributed by atoms with Crippen molar-refractivity contribution in [2.24, 2.45) is 0 Å². The number of pyridine rings is 1. The highest BCUT2D eigenvalue weighted by Crippen LogP contribution is 2.38. The molecular weight excluding hydrogens is 360 g/mol. The van der Waals surface area contributed by atoms with Crippen molar-refractivity contribution < 1.29 is 19.4 Å². The summed E-state index contributed by atoms with van der Waals surface area (Å²) in [6.45, 7) is 0.0806. The molecule has 2 atom stereocenters. The van der Waals surface area contributed by atoms with E-state index in [1.54, 1.807) is 16.5 Å². The predicted molar refractivity (Wildman–Crippen MR) is 102 cm³/mol. The van der Waals surface area contributed by atoms with Crippen LogP contribution in [0.15, 0.2) is 41.3 Å². The zero-order valence-corrected chi connectivity index (χ0v) is 15.6. The Balaban J connectivity index is 1.85. The van der Waals surface area contributed by atoms with Crippen molar-refractivity contribution in [3.8, 4) is 5.75 Å². The maximum atomic E-state index is 13.1. The van der Waals surface area contributed by atoms with Gasteiger partial charge in [-0.25, -0.2) is 4.79 Å². The Bertz CT molecular complexity index is 982. The normalized spacial score (nSPS) is 21.0. The number of carbonyl (C=O) groups is 2. The molecule has 2 aliphatic rings. The number of carboxylic acids is 1. The molecule has 7 heteroatoms. The van der Waals surface area contributed by atoms with Crippen molar-refractivity contribution in [2.75, 3.05) is 7.05 Å². The second kappa shape index (κ2) is 7.14. The molecule has 0 saturated heterocycles. The number of hydrogen-bond donors (Lipinski definition) is 1. The molecule has 1 N–H and O–H groups in total. The minimum atomic E-state index is -1.32. The lowest BCUT2D eigenvalue weighted by molar-refractivity contribution is 0.0499. The summed E-state index contributed by atoms with van der Waals surface area (Å²) < 4.78 is 7.44. The van der Waals surface area contributed by atoms with E-state index in [0.29, 0.717) is 0 Å². The summed E-state index contributed by atoms with van der Waals surface area (Å²) in [5.74, 6) is -1.80. The van der Waals surface area contributed by atoms with Crippen LogP contribution in [0.2, 0.25) is 0 Å². The second-order valence-electron chi connectivity index (χ2n) is 7.37.